The second-order valence-electron chi connectivity index (χ2n) is 3.42. The number of pyridine rings is 2. The zero-order valence-electron chi connectivity index (χ0n) is 9.04. The van der Waals surface area contributed by atoms with E-state index >= 15 is 0 Å². The van der Waals surface area contributed by atoms with Gasteiger partial charge in [-0.1, -0.05) is 0 Å². The number of hydrogen-bond donors (Lipinski definition) is 2. The van der Waals surface area contributed by atoms with E-state index < -0.39 is 15.8 Å². The monoisotopic (exact) mass is 268 g/mol. The first kappa shape index (κ1) is 12.2. The minimum atomic E-state index is -3.88. The number of nitrogens with zero attached hydrogens (tertiary/aromatic N) is 2. The van der Waals surface area contributed by atoms with Crippen molar-refractivity contribution < 1.29 is 12.8 Å². The van der Waals surface area contributed by atoms with Crippen molar-refractivity contribution in [3.05, 3.63) is 42.6 Å². The van der Waals surface area contributed by atoms with E-state index in [1.807, 2.05) is 0 Å². The van der Waals surface area contributed by atoms with Gasteiger partial charge in [0.2, 0.25) is 0 Å². The van der Waals surface area contributed by atoms with Crippen molar-refractivity contribution >= 4 is 21.5 Å². The summed E-state index contributed by atoms with van der Waals surface area (Å²) in [4.78, 5) is 6.95. The third-order valence-electron chi connectivity index (χ3n) is 2.03. The van der Waals surface area contributed by atoms with E-state index in [0.717, 1.165) is 18.5 Å². The van der Waals surface area contributed by atoms with E-state index in [9.17, 15) is 12.8 Å². The van der Waals surface area contributed by atoms with Crippen LogP contribution in [0.3, 0.4) is 0 Å². The van der Waals surface area contributed by atoms with Crippen LogP contribution in [0.5, 0.6) is 0 Å². The summed E-state index contributed by atoms with van der Waals surface area (Å²) >= 11 is 0. The second-order valence-corrected chi connectivity index (χ2v) is 5.10. The summed E-state index contributed by atoms with van der Waals surface area (Å²) in [6.07, 6.45) is 3.24. The predicted molar refractivity (Wildman–Crippen MR) is 63.7 cm³/mol. The van der Waals surface area contributed by atoms with Gasteiger partial charge in [0.05, 0.1) is 18.1 Å². The maximum atomic E-state index is 12.9. The van der Waals surface area contributed by atoms with Crippen LogP contribution in [0.25, 0.3) is 0 Å². The van der Waals surface area contributed by atoms with Gasteiger partial charge in [-0.05, 0) is 18.2 Å². The standard InChI is InChI=1S/C10H9FN4O2S/c11-7-3-9(6-13-4-7)18(16,17)15-8-1-2-10(12)14-5-8/h1-6,15H,(H2,12,14). The minimum absolute atomic E-state index is 0.230. The molecular weight excluding hydrogens is 259 g/mol. The lowest BCUT2D eigenvalue weighted by Gasteiger charge is -2.07. The molecule has 0 saturated carbocycles. The summed E-state index contributed by atoms with van der Waals surface area (Å²) in [5, 5.41) is 0. The van der Waals surface area contributed by atoms with Crippen LogP contribution in [0.15, 0.2) is 41.7 Å². The summed E-state index contributed by atoms with van der Waals surface area (Å²) in [6.45, 7) is 0. The Kier molecular flexibility index (Phi) is 3.11. The van der Waals surface area contributed by atoms with Gasteiger partial charge in [-0.3, -0.25) is 9.71 Å². The fourth-order valence-electron chi connectivity index (χ4n) is 1.22. The average Bonchev–Trinajstić information content (AvgIpc) is 2.32. The van der Waals surface area contributed by atoms with E-state index in [0.29, 0.717) is 0 Å². The smallest absolute Gasteiger partial charge is 0.263 e. The molecule has 2 heterocycles. The molecule has 0 aliphatic rings. The van der Waals surface area contributed by atoms with E-state index in [2.05, 4.69) is 14.7 Å². The number of hydrogen-bond acceptors (Lipinski definition) is 5. The summed E-state index contributed by atoms with van der Waals surface area (Å²) in [5.74, 6) is -0.460. The van der Waals surface area contributed by atoms with Crippen molar-refractivity contribution in [2.45, 2.75) is 4.90 Å². The van der Waals surface area contributed by atoms with Crippen molar-refractivity contribution in [2.75, 3.05) is 10.5 Å². The molecule has 3 N–H and O–H groups in total. The Bertz CT molecular complexity index is 658. The Balaban J connectivity index is 2.30. The van der Waals surface area contributed by atoms with Crippen LogP contribution < -0.4 is 10.5 Å². The first-order chi connectivity index (χ1) is 8.47. The third kappa shape index (κ3) is 2.72. The fraction of sp³-hybridized carbons (Fsp3) is 0. The van der Waals surface area contributed by atoms with Gasteiger partial charge in [-0.2, -0.15) is 0 Å². The van der Waals surface area contributed by atoms with Crippen LogP contribution in [0, 0.1) is 5.82 Å². The second kappa shape index (κ2) is 4.57. The maximum absolute atomic E-state index is 12.9. The summed E-state index contributed by atoms with van der Waals surface area (Å²) in [6, 6.07) is 3.77. The molecule has 0 unspecified atom stereocenters. The molecule has 0 bridgehead atoms. The molecule has 6 nitrogen and oxygen atoms in total. The van der Waals surface area contributed by atoms with Gasteiger partial charge in [0.15, 0.2) is 0 Å². The number of aromatic nitrogens is 2. The van der Waals surface area contributed by atoms with E-state index in [-0.39, 0.29) is 16.4 Å². The molecule has 8 heteroatoms. The molecule has 2 rings (SSSR count). The van der Waals surface area contributed by atoms with Crippen LogP contribution in [-0.4, -0.2) is 18.4 Å². The number of nitrogens with one attached hydrogen (secondary N) is 1. The number of sulfonamides is 1. The Morgan fingerprint density at radius 3 is 2.61 bits per heavy atom. The van der Waals surface area contributed by atoms with Crippen LogP contribution in [-0.2, 0) is 10.0 Å². The molecule has 94 valence electrons. The highest BCUT2D eigenvalue weighted by atomic mass is 32.2. The van der Waals surface area contributed by atoms with Crippen LogP contribution >= 0.6 is 0 Å². The summed E-state index contributed by atoms with van der Waals surface area (Å²) in [7, 11) is -3.88. The molecule has 0 amide bonds. The van der Waals surface area contributed by atoms with Gasteiger partial charge >= 0.3 is 0 Å². The van der Waals surface area contributed by atoms with Gasteiger partial charge in [0.25, 0.3) is 10.0 Å². The van der Waals surface area contributed by atoms with Gasteiger partial charge in [0.1, 0.15) is 16.5 Å². The molecule has 0 aliphatic carbocycles. The van der Waals surface area contributed by atoms with Gasteiger partial charge in [0, 0.05) is 6.20 Å². The van der Waals surface area contributed by atoms with Crippen LogP contribution in [0.1, 0.15) is 0 Å². The Morgan fingerprint density at radius 2 is 2.00 bits per heavy atom. The Hall–Kier alpha value is -2.22. The highest BCUT2D eigenvalue weighted by molar-refractivity contribution is 7.92. The van der Waals surface area contributed by atoms with Gasteiger partial charge in [-0.15, -0.1) is 0 Å². The molecule has 2 aromatic heterocycles. The normalized spacial score (nSPS) is 11.2. The first-order valence-electron chi connectivity index (χ1n) is 4.82. The number of anilines is 2. The third-order valence-corrected chi connectivity index (χ3v) is 3.38. The zero-order chi connectivity index (χ0) is 13.2. The summed E-state index contributed by atoms with van der Waals surface area (Å²) < 4.78 is 38.9. The van der Waals surface area contributed by atoms with Crippen molar-refractivity contribution in [1.82, 2.24) is 9.97 Å². The number of rotatable bonds is 3. The molecule has 2 aromatic rings. The van der Waals surface area contributed by atoms with Crippen LogP contribution in [0.2, 0.25) is 0 Å². The van der Waals surface area contributed by atoms with E-state index in [1.165, 1.54) is 18.3 Å². The first-order valence-corrected chi connectivity index (χ1v) is 6.30. The van der Waals surface area contributed by atoms with Crippen molar-refractivity contribution in [2.24, 2.45) is 0 Å². The minimum Gasteiger partial charge on any atom is -0.384 e. The zero-order valence-corrected chi connectivity index (χ0v) is 9.86. The molecule has 0 fully saturated rings. The molecule has 0 aliphatic heterocycles. The quantitative estimate of drug-likeness (QED) is 0.865. The highest BCUT2D eigenvalue weighted by Gasteiger charge is 2.15. The van der Waals surface area contributed by atoms with Crippen molar-refractivity contribution in [3.8, 4) is 0 Å². The van der Waals surface area contributed by atoms with Crippen LogP contribution in [0.4, 0.5) is 15.9 Å². The summed E-state index contributed by atoms with van der Waals surface area (Å²) in [5.41, 5.74) is 5.60. The van der Waals surface area contributed by atoms with E-state index in [4.69, 9.17) is 5.73 Å². The van der Waals surface area contributed by atoms with Gasteiger partial charge in [-0.25, -0.2) is 17.8 Å². The molecule has 0 spiro atoms. The molecule has 0 radical (unpaired) electrons. The van der Waals surface area contributed by atoms with Gasteiger partial charge < -0.3 is 5.73 Å². The molecule has 0 atom stereocenters. The van der Waals surface area contributed by atoms with E-state index in [1.54, 1.807) is 0 Å². The molecule has 18 heavy (non-hydrogen) atoms. The number of nitrogen functional groups attached to an aromatic ring is 1. The highest BCUT2D eigenvalue weighted by Crippen LogP contribution is 2.15. The number of halogens is 1. The topological polar surface area (TPSA) is 98.0 Å². The number of nitrogens with two attached hydrogens (primary N) is 1. The van der Waals surface area contributed by atoms with Crippen molar-refractivity contribution in [1.29, 1.82) is 0 Å². The molecule has 0 aromatic carbocycles. The predicted octanol–water partition coefficient (Wildman–Crippen LogP) is 0.999. The molecular formula is C10H9FN4O2S. The Morgan fingerprint density at radius 1 is 1.22 bits per heavy atom. The average molecular weight is 268 g/mol. The lowest BCUT2D eigenvalue weighted by Crippen LogP contribution is -2.13. The lowest BCUT2D eigenvalue weighted by atomic mass is 10.4. The SMILES string of the molecule is Nc1ccc(NS(=O)(=O)c2cncc(F)c2)cn1. The molecule has 0 saturated heterocycles. The maximum Gasteiger partial charge on any atom is 0.263 e. The fourth-order valence-corrected chi connectivity index (χ4v) is 2.24. The van der Waals surface area contributed by atoms with Crippen molar-refractivity contribution in [3.63, 3.8) is 0 Å². The lowest BCUT2D eigenvalue weighted by molar-refractivity contribution is 0.592. The largest absolute Gasteiger partial charge is 0.384 e. The Labute approximate surface area is 103 Å².